The Bertz CT molecular complexity index is 341. The lowest BCUT2D eigenvalue weighted by Gasteiger charge is -1.82. The number of hydrogen-bond acceptors (Lipinski definition) is 4. The predicted octanol–water partition coefficient (Wildman–Crippen LogP) is 1.53. The van der Waals surface area contributed by atoms with Crippen LogP contribution in [0.3, 0.4) is 0 Å². The van der Waals surface area contributed by atoms with Crippen molar-refractivity contribution in [2.45, 2.75) is 0 Å². The zero-order chi connectivity index (χ0) is 7.68. The number of rotatable bonds is 1. The van der Waals surface area contributed by atoms with Crippen LogP contribution >= 0.6 is 33.9 Å². The molecule has 1 N–H and O–H groups in total. The van der Waals surface area contributed by atoms with Gasteiger partial charge in [0.2, 0.25) is 0 Å². The summed E-state index contributed by atoms with van der Waals surface area (Å²) < 4.78 is 1.15. The first-order valence-electron chi connectivity index (χ1n) is 2.83. The van der Waals surface area contributed by atoms with E-state index in [0.29, 0.717) is 0 Å². The fourth-order valence-electron chi connectivity index (χ4n) is 0.672. The molecule has 0 aliphatic heterocycles. The number of hydrogen-bond donors (Lipinski definition) is 1. The summed E-state index contributed by atoms with van der Waals surface area (Å²) in [4.78, 5) is 8.11. The first kappa shape index (κ1) is 7.17. The second kappa shape index (κ2) is 2.86. The van der Waals surface area contributed by atoms with Gasteiger partial charge in [-0.05, 0) is 22.6 Å². The first-order chi connectivity index (χ1) is 5.36. The highest BCUT2D eigenvalue weighted by Crippen LogP contribution is 2.21. The normalized spacial score (nSPS) is 10.3. The molecule has 0 aliphatic carbocycles. The third-order valence-corrected chi connectivity index (χ3v) is 2.83. The first-order valence-corrected chi connectivity index (χ1v) is 4.73. The molecule has 0 saturated heterocycles. The van der Waals surface area contributed by atoms with Crippen LogP contribution in [0.15, 0.2) is 12.5 Å². The summed E-state index contributed by atoms with van der Waals surface area (Å²) in [5.41, 5.74) is 0. The molecule has 0 unspecified atom stereocenters. The number of thiazole rings is 1. The molecule has 0 spiro atoms. The maximum atomic E-state index is 4.14. The van der Waals surface area contributed by atoms with Crippen LogP contribution in [0.25, 0.3) is 10.8 Å². The van der Waals surface area contributed by atoms with E-state index in [2.05, 4.69) is 42.8 Å². The third-order valence-electron chi connectivity index (χ3n) is 1.10. The van der Waals surface area contributed by atoms with E-state index in [-0.39, 0.29) is 0 Å². The van der Waals surface area contributed by atoms with Crippen molar-refractivity contribution in [3.8, 4) is 10.8 Å². The zero-order valence-corrected chi connectivity index (χ0v) is 8.26. The van der Waals surface area contributed by atoms with Crippen LogP contribution in [-0.2, 0) is 0 Å². The molecule has 4 nitrogen and oxygen atoms in total. The van der Waals surface area contributed by atoms with Gasteiger partial charge in [-0.1, -0.05) is 0 Å². The van der Waals surface area contributed by atoms with Crippen LogP contribution in [0.4, 0.5) is 0 Å². The number of aromatic amines is 1. The largest absolute Gasteiger partial charge is 0.257 e. The summed E-state index contributed by atoms with van der Waals surface area (Å²) in [6.45, 7) is 0. The molecule has 0 radical (unpaired) electrons. The van der Waals surface area contributed by atoms with Crippen molar-refractivity contribution < 1.29 is 0 Å². The lowest BCUT2D eigenvalue weighted by molar-refractivity contribution is 1.09. The minimum Gasteiger partial charge on any atom is -0.257 e. The van der Waals surface area contributed by atoms with Gasteiger partial charge in [-0.25, -0.2) is 9.97 Å². The Morgan fingerprint density at radius 3 is 2.91 bits per heavy atom. The Morgan fingerprint density at radius 1 is 1.45 bits per heavy atom. The van der Waals surface area contributed by atoms with Crippen LogP contribution in [0.2, 0.25) is 0 Å². The SMILES string of the molecule is Ic1cnc(-c2ncn[nH]2)s1. The monoisotopic (exact) mass is 278 g/mol. The van der Waals surface area contributed by atoms with Gasteiger partial charge >= 0.3 is 0 Å². The second-order valence-corrected chi connectivity index (χ2v) is 4.73. The van der Waals surface area contributed by atoms with Crippen LogP contribution in [0, 0.1) is 2.88 Å². The summed E-state index contributed by atoms with van der Waals surface area (Å²) in [5, 5.41) is 7.37. The summed E-state index contributed by atoms with van der Waals surface area (Å²) in [6.07, 6.45) is 3.28. The molecule has 6 heteroatoms. The maximum Gasteiger partial charge on any atom is 0.184 e. The summed E-state index contributed by atoms with van der Waals surface area (Å²) >= 11 is 3.81. The lowest BCUT2D eigenvalue weighted by atomic mass is 10.7. The topological polar surface area (TPSA) is 54.5 Å². The van der Waals surface area contributed by atoms with Crippen molar-refractivity contribution in [2.24, 2.45) is 0 Å². The van der Waals surface area contributed by atoms with Gasteiger partial charge in [0.15, 0.2) is 10.8 Å². The van der Waals surface area contributed by atoms with Crippen LogP contribution < -0.4 is 0 Å². The Balaban J connectivity index is 2.45. The van der Waals surface area contributed by atoms with Crippen molar-refractivity contribution in [3.05, 3.63) is 15.4 Å². The number of halogens is 1. The van der Waals surface area contributed by atoms with E-state index < -0.39 is 0 Å². The van der Waals surface area contributed by atoms with Crippen molar-refractivity contribution in [3.63, 3.8) is 0 Å². The number of aromatic nitrogens is 4. The molecule has 2 rings (SSSR count). The molecule has 2 heterocycles. The lowest BCUT2D eigenvalue weighted by Crippen LogP contribution is -1.76. The fraction of sp³-hybridized carbons (Fsp3) is 0. The molecule has 2 aromatic rings. The highest BCUT2D eigenvalue weighted by atomic mass is 127. The average Bonchev–Trinajstić information content (AvgIpc) is 2.55. The molecular formula is C5H3IN4S. The molecule has 2 aromatic heterocycles. The summed E-state index contributed by atoms with van der Waals surface area (Å²) in [6, 6.07) is 0. The van der Waals surface area contributed by atoms with Gasteiger partial charge in [0, 0.05) is 0 Å². The van der Waals surface area contributed by atoms with Crippen molar-refractivity contribution in [1.29, 1.82) is 0 Å². The van der Waals surface area contributed by atoms with Gasteiger partial charge in [-0.15, -0.1) is 11.3 Å². The van der Waals surface area contributed by atoms with E-state index in [1.54, 1.807) is 11.3 Å². The maximum absolute atomic E-state index is 4.14. The summed E-state index contributed by atoms with van der Waals surface area (Å²) in [7, 11) is 0. The third kappa shape index (κ3) is 1.41. The van der Waals surface area contributed by atoms with Gasteiger partial charge < -0.3 is 0 Å². The molecular weight excluding hydrogens is 275 g/mol. The molecule has 11 heavy (non-hydrogen) atoms. The van der Waals surface area contributed by atoms with Gasteiger partial charge in [-0.2, -0.15) is 5.10 Å². The number of nitrogens with one attached hydrogen (secondary N) is 1. The number of nitrogens with zero attached hydrogens (tertiary/aromatic N) is 3. The van der Waals surface area contributed by atoms with E-state index in [4.69, 9.17) is 0 Å². The van der Waals surface area contributed by atoms with Crippen molar-refractivity contribution in [2.75, 3.05) is 0 Å². The minimum absolute atomic E-state index is 0.734. The molecule has 0 aliphatic rings. The molecule has 0 aromatic carbocycles. The Morgan fingerprint density at radius 2 is 2.36 bits per heavy atom. The summed E-state index contributed by atoms with van der Waals surface area (Å²) in [5.74, 6) is 0.734. The molecule has 56 valence electrons. The van der Waals surface area contributed by atoms with E-state index in [1.165, 1.54) is 6.33 Å². The molecule has 0 saturated carbocycles. The average molecular weight is 278 g/mol. The van der Waals surface area contributed by atoms with Gasteiger partial charge in [0.05, 0.1) is 9.08 Å². The van der Waals surface area contributed by atoms with Crippen LogP contribution in [-0.4, -0.2) is 20.2 Å². The fourth-order valence-corrected chi connectivity index (χ4v) is 2.03. The smallest absolute Gasteiger partial charge is 0.184 e. The quantitative estimate of drug-likeness (QED) is 0.805. The van der Waals surface area contributed by atoms with Crippen LogP contribution in [0.5, 0.6) is 0 Å². The second-order valence-electron chi connectivity index (χ2n) is 1.80. The molecule has 0 amide bonds. The Kier molecular flexibility index (Phi) is 1.86. The molecule has 0 atom stereocenters. The Labute approximate surface area is 80.2 Å². The van der Waals surface area contributed by atoms with Gasteiger partial charge in [0.1, 0.15) is 6.33 Å². The molecule has 0 bridgehead atoms. The van der Waals surface area contributed by atoms with Crippen molar-refractivity contribution in [1.82, 2.24) is 20.2 Å². The van der Waals surface area contributed by atoms with E-state index in [9.17, 15) is 0 Å². The standard InChI is InChI=1S/C5H3IN4S/c6-3-1-7-5(11-3)4-8-2-9-10-4/h1-2H,(H,8,9,10). The predicted molar refractivity (Wildman–Crippen MR) is 50.2 cm³/mol. The highest BCUT2D eigenvalue weighted by molar-refractivity contribution is 14.1. The van der Waals surface area contributed by atoms with E-state index in [0.717, 1.165) is 13.7 Å². The van der Waals surface area contributed by atoms with Crippen molar-refractivity contribution >= 4 is 33.9 Å². The minimum atomic E-state index is 0.734. The molecule has 0 fully saturated rings. The van der Waals surface area contributed by atoms with E-state index in [1.807, 2.05) is 6.20 Å². The zero-order valence-electron chi connectivity index (χ0n) is 5.28. The van der Waals surface area contributed by atoms with Gasteiger partial charge in [0.25, 0.3) is 0 Å². The van der Waals surface area contributed by atoms with E-state index >= 15 is 0 Å². The Hall–Kier alpha value is -0.500. The highest BCUT2D eigenvalue weighted by Gasteiger charge is 2.04. The number of H-pyrrole nitrogens is 1. The van der Waals surface area contributed by atoms with Crippen LogP contribution in [0.1, 0.15) is 0 Å². The van der Waals surface area contributed by atoms with Gasteiger partial charge in [-0.3, -0.25) is 5.10 Å².